The summed E-state index contributed by atoms with van der Waals surface area (Å²) < 4.78 is 39.6. The molecule has 0 heterocycles. The van der Waals surface area contributed by atoms with Gasteiger partial charge in [0.15, 0.2) is 0 Å². The summed E-state index contributed by atoms with van der Waals surface area (Å²) in [5.41, 5.74) is -0.768. The zero-order valence-electron chi connectivity index (χ0n) is 10.1. The molecule has 1 N–H and O–H groups in total. The third-order valence-electron chi connectivity index (χ3n) is 3.23. The Bertz CT molecular complexity index is 472. The predicted molar refractivity (Wildman–Crippen MR) is 65.7 cm³/mol. The quantitative estimate of drug-likeness (QED) is 0.832. The lowest BCUT2D eigenvalue weighted by atomic mass is 9.94. The Balaban J connectivity index is 2.16. The number of alkyl halides is 1. The van der Waals surface area contributed by atoms with Crippen molar-refractivity contribution in [2.45, 2.75) is 37.1 Å². The highest BCUT2D eigenvalue weighted by molar-refractivity contribution is 6.21. The van der Waals surface area contributed by atoms with Gasteiger partial charge in [0.05, 0.1) is 5.38 Å². The summed E-state index contributed by atoms with van der Waals surface area (Å²) in [5.74, 6) is -4.37. The molecule has 2 rings (SSSR count). The van der Waals surface area contributed by atoms with Gasteiger partial charge in [-0.25, -0.2) is 13.2 Å². The second kappa shape index (κ2) is 5.82. The summed E-state index contributed by atoms with van der Waals surface area (Å²) in [7, 11) is 0. The molecular formula is C13H13ClF3NO. The topological polar surface area (TPSA) is 29.1 Å². The smallest absolute Gasteiger partial charge is 0.257 e. The minimum absolute atomic E-state index is 0.246. The van der Waals surface area contributed by atoms with Crippen LogP contribution >= 0.6 is 11.6 Å². The van der Waals surface area contributed by atoms with E-state index in [1.807, 2.05) is 0 Å². The number of hydrogen-bond donors (Lipinski definition) is 1. The van der Waals surface area contributed by atoms with Crippen LogP contribution in [0.3, 0.4) is 0 Å². The summed E-state index contributed by atoms with van der Waals surface area (Å²) in [6.45, 7) is 0. The molecule has 1 amide bonds. The van der Waals surface area contributed by atoms with Gasteiger partial charge in [0.25, 0.3) is 5.91 Å². The highest BCUT2D eigenvalue weighted by Gasteiger charge is 2.27. The first-order valence-electron chi connectivity index (χ1n) is 6.08. The van der Waals surface area contributed by atoms with Crippen LogP contribution in [-0.4, -0.2) is 17.3 Å². The van der Waals surface area contributed by atoms with Gasteiger partial charge in [-0.2, -0.15) is 0 Å². The van der Waals surface area contributed by atoms with Gasteiger partial charge in [0.2, 0.25) is 0 Å². The van der Waals surface area contributed by atoms with Gasteiger partial charge in [-0.15, -0.1) is 11.6 Å². The van der Waals surface area contributed by atoms with Crippen molar-refractivity contribution in [1.82, 2.24) is 5.32 Å². The van der Waals surface area contributed by atoms with Gasteiger partial charge >= 0.3 is 0 Å². The first-order chi connectivity index (χ1) is 8.99. The Morgan fingerprint density at radius 3 is 2.32 bits per heavy atom. The van der Waals surface area contributed by atoms with Crippen molar-refractivity contribution in [2.75, 3.05) is 0 Å². The van der Waals surface area contributed by atoms with Crippen molar-refractivity contribution >= 4 is 17.5 Å². The first-order valence-corrected chi connectivity index (χ1v) is 6.52. The molecular weight excluding hydrogens is 279 g/mol. The van der Waals surface area contributed by atoms with Crippen LogP contribution in [0.1, 0.15) is 36.0 Å². The lowest BCUT2D eigenvalue weighted by molar-refractivity contribution is 0.0920. The molecule has 2 unspecified atom stereocenters. The normalized spacial score (nSPS) is 23.2. The third-order valence-corrected chi connectivity index (χ3v) is 3.75. The number of nitrogens with one attached hydrogen (secondary N) is 1. The fourth-order valence-corrected chi connectivity index (χ4v) is 2.59. The second-order valence-electron chi connectivity index (χ2n) is 4.62. The summed E-state index contributed by atoms with van der Waals surface area (Å²) in [4.78, 5) is 11.8. The number of carbonyl (C=O) groups is 1. The molecule has 1 saturated carbocycles. The third kappa shape index (κ3) is 3.21. The van der Waals surface area contributed by atoms with Crippen molar-refractivity contribution in [3.8, 4) is 0 Å². The molecule has 0 aromatic heterocycles. The SMILES string of the molecule is O=C(NC1CCCCC1Cl)c1c(F)cc(F)cc1F. The van der Waals surface area contributed by atoms with Crippen LogP contribution in [0, 0.1) is 17.5 Å². The molecule has 1 aliphatic carbocycles. The Labute approximate surface area is 113 Å². The molecule has 6 heteroatoms. The lowest BCUT2D eigenvalue weighted by Gasteiger charge is -2.27. The van der Waals surface area contributed by atoms with E-state index in [2.05, 4.69) is 5.32 Å². The molecule has 1 aromatic rings. The minimum Gasteiger partial charge on any atom is -0.348 e. The summed E-state index contributed by atoms with van der Waals surface area (Å²) in [6.07, 6.45) is 3.30. The number of hydrogen-bond acceptors (Lipinski definition) is 1. The van der Waals surface area contributed by atoms with E-state index in [1.165, 1.54) is 0 Å². The fourth-order valence-electron chi connectivity index (χ4n) is 2.25. The number of halogens is 4. The first kappa shape index (κ1) is 14.2. The van der Waals surface area contributed by atoms with Crippen LogP contribution < -0.4 is 5.32 Å². The molecule has 1 aliphatic rings. The molecule has 0 saturated heterocycles. The van der Waals surface area contributed by atoms with Crippen molar-refractivity contribution in [2.24, 2.45) is 0 Å². The van der Waals surface area contributed by atoms with Crippen LogP contribution in [0.2, 0.25) is 0 Å². The van der Waals surface area contributed by atoms with Gasteiger partial charge in [-0.3, -0.25) is 4.79 Å². The van der Waals surface area contributed by atoms with E-state index in [0.29, 0.717) is 18.6 Å². The van der Waals surface area contributed by atoms with Crippen LogP contribution in [0.5, 0.6) is 0 Å². The van der Waals surface area contributed by atoms with E-state index >= 15 is 0 Å². The zero-order chi connectivity index (χ0) is 14.0. The average Bonchev–Trinajstić information content (AvgIpc) is 2.30. The van der Waals surface area contributed by atoms with Crippen LogP contribution in [0.15, 0.2) is 12.1 Å². The van der Waals surface area contributed by atoms with Crippen LogP contribution in [0.25, 0.3) is 0 Å². The molecule has 2 nitrogen and oxygen atoms in total. The van der Waals surface area contributed by atoms with Gasteiger partial charge < -0.3 is 5.32 Å². The number of carbonyl (C=O) groups excluding carboxylic acids is 1. The Morgan fingerprint density at radius 1 is 1.16 bits per heavy atom. The van der Waals surface area contributed by atoms with Crippen molar-refractivity contribution in [1.29, 1.82) is 0 Å². The predicted octanol–water partition coefficient (Wildman–Crippen LogP) is 3.38. The highest BCUT2D eigenvalue weighted by Crippen LogP contribution is 2.24. The fraction of sp³-hybridized carbons (Fsp3) is 0.462. The monoisotopic (exact) mass is 291 g/mol. The van der Waals surface area contributed by atoms with Gasteiger partial charge in [0.1, 0.15) is 23.0 Å². The second-order valence-corrected chi connectivity index (χ2v) is 5.19. The summed E-state index contributed by atoms with van der Waals surface area (Å²) in [6, 6.07) is 0.653. The number of amides is 1. The molecule has 0 aliphatic heterocycles. The molecule has 0 radical (unpaired) electrons. The molecule has 104 valence electrons. The van der Waals surface area contributed by atoms with Crippen molar-refractivity contribution in [3.63, 3.8) is 0 Å². The Hall–Kier alpha value is -1.23. The maximum Gasteiger partial charge on any atom is 0.257 e. The van der Waals surface area contributed by atoms with E-state index in [4.69, 9.17) is 11.6 Å². The highest BCUT2D eigenvalue weighted by atomic mass is 35.5. The molecule has 0 bridgehead atoms. The number of rotatable bonds is 2. The van der Waals surface area contributed by atoms with Gasteiger partial charge in [-0.1, -0.05) is 12.8 Å². The van der Waals surface area contributed by atoms with Crippen molar-refractivity contribution < 1.29 is 18.0 Å². The minimum atomic E-state index is -1.21. The summed E-state index contributed by atoms with van der Waals surface area (Å²) >= 11 is 6.06. The molecule has 19 heavy (non-hydrogen) atoms. The Kier molecular flexibility index (Phi) is 4.34. The van der Waals surface area contributed by atoms with Gasteiger partial charge in [0, 0.05) is 18.2 Å². The van der Waals surface area contributed by atoms with E-state index in [-0.39, 0.29) is 11.4 Å². The maximum absolute atomic E-state index is 13.4. The number of benzene rings is 1. The van der Waals surface area contributed by atoms with E-state index in [1.54, 1.807) is 0 Å². The summed E-state index contributed by atoms with van der Waals surface area (Å²) in [5, 5.41) is 2.27. The lowest BCUT2D eigenvalue weighted by Crippen LogP contribution is -2.43. The van der Waals surface area contributed by atoms with Gasteiger partial charge in [-0.05, 0) is 12.8 Å². The van der Waals surface area contributed by atoms with Crippen LogP contribution in [0.4, 0.5) is 13.2 Å². The standard InChI is InChI=1S/C13H13ClF3NO/c14-8-3-1-2-4-11(8)18-13(19)12-9(16)5-7(15)6-10(12)17/h5-6,8,11H,1-4H2,(H,18,19). The molecule has 1 fully saturated rings. The van der Waals surface area contributed by atoms with E-state index in [9.17, 15) is 18.0 Å². The molecule has 0 spiro atoms. The largest absolute Gasteiger partial charge is 0.348 e. The van der Waals surface area contributed by atoms with E-state index < -0.39 is 28.9 Å². The zero-order valence-corrected chi connectivity index (χ0v) is 10.8. The van der Waals surface area contributed by atoms with Crippen molar-refractivity contribution in [3.05, 3.63) is 35.1 Å². The average molecular weight is 292 g/mol. The van der Waals surface area contributed by atoms with Crippen LogP contribution in [-0.2, 0) is 0 Å². The van der Waals surface area contributed by atoms with E-state index in [0.717, 1.165) is 19.3 Å². The molecule has 1 aromatic carbocycles. The maximum atomic E-state index is 13.4. The Morgan fingerprint density at radius 2 is 1.74 bits per heavy atom. The molecule has 2 atom stereocenters.